The van der Waals surface area contributed by atoms with Gasteiger partial charge in [-0.25, -0.2) is 4.79 Å². The molecule has 0 saturated heterocycles. The zero-order chi connectivity index (χ0) is 12.3. The molecule has 0 N–H and O–H groups in total. The number of carbonyl (C=O) groups is 1. The maximum absolute atomic E-state index is 12.2. The summed E-state index contributed by atoms with van der Waals surface area (Å²) in [5, 5.41) is 0.846. The average Bonchev–Trinajstić information content (AvgIpc) is 2.78. The highest BCUT2D eigenvalue weighted by molar-refractivity contribution is 6.03. The molecule has 3 nitrogen and oxygen atoms in total. The predicted octanol–water partition coefficient (Wildman–Crippen LogP) is 2.79. The molecule has 1 aromatic carbocycles. The number of fused-ring (bicyclic) bond motifs is 1. The zero-order valence-corrected chi connectivity index (χ0v) is 9.65. The molecule has 0 unspecified atom stereocenters. The van der Waals surface area contributed by atoms with Crippen LogP contribution in [0.15, 0.2) is 30.5 Å². The topological polar surface area (TPSA) is 31.2 Å². The molecule has 0 amide bonds. The van der Waals surface area contributed by atoms with Gasteiger partial charge in [0.1, 0.15) is 0 Å². The molecule has 2 rings (SSSR count). The van der Waals surface area contributed by atoms with Gasteiger partial charge in [-0.15, -0.1) is 0 Å². The maximum atomic E-state index is 12.2. The average molecular weight is 235 g/mol. The second-order valence-electron chi connectivity index (χ2n) is 3.78. The van der Waals surface area contributed by atoms with Crippen LogP contribution in [-0.4, -0.2) is 24.3 Å². The normalized spacial score (nSPS) is 10.7. The summed E-state index contributed by atoms with van der Waals surface area (Å²) in [7, 11) is 1.36. The van der Waals surface area contributed by atoms with Crippen molar-refractivity contribution in [2.45, 2.75) is 13.0 Å². The van der Waals surface area contributed by atoms with E-state index in [1.807, 2.05) is 22.9 Å². The number of esters is 1. The van der Waals surface area contributed by atoms with E-state index in [9.17, 15) is 9.18 Å². The first-order valence-corrected chi connectivity index (χ1v) is 5.50. The smallest absolute Gasteiger partial charge is 0.338 e. The zero-order valence-electron chi connectivity index (χ0n) is 9.65. The van der Waals surface area contributed by atoms with E-state index in [0.717, 1.165) is 10.9 Å². The van der Waals surface area contributed by atoms with Crippen LogP contribution < -0.4 is 0 Å². The lowest BCUT2D eigenvalue weighted by Crippen LogP contribution is -2.02. The first kappa shape index (κ1) is 11.6. The largest absolute Gasteiger partial charge is 0.465 e. The Hall–Kier alpha value is -1.84. The molecule has 0 radical (unpaired) electrons. The Morgan fingerprint density at radius 1 is 1.41 bits per heavy atom. The van der Waals surface area contributed by atoms with E-state index in [-0.39, 0.29) is 12.6 Å². The lowest BCUT2D eigenvalue weighted by molar-refractivity contribution is 0.0603. The van der Waals surface area contributed by atoms with Crippen LogP contribution >= 0.6 is 0 Å². The Labute approximate surface area is 98.8 Å². The van der Waals surface area contributed by atoms with Crippen LogP contribution in [0, 0.1) is 0 Å². The molecule has 0 aliphatic heterocycles. The summed E-state index contributed by atoms with van der Waals surface area (Å²) in [5.41, 5.74) is 1.48. The molecular weight excluding hydrogens is 221 g/mol. The van der Waals surface area contributed by atoms with Crippen molar-refractivity contribution in [3.05, 3.63) is 36.0 Å². The minimum atomic E-state index is -0.348. The molecular formula is C13H14FNO2. The van der Waals surface area contributed by atoms with Gasteiger partial charge in [-0.05, 0) is 24.6 Å². The third-order valence-corrected chi connectivity index (χ3v) is 2.75. The monoisotopic (exact) mass is 235 g/mol. The molecule has 0 atom stereocenters. The summed E-state index contributed by atoms with van der Waals surface area (Å²) in [5.74, 6) is -0.348. The molecule has 0 aliphatic carbocycles. The Bertz CT molecular complexity index is 533. The van der Waals surface area contributed by atoms with Gasteiger partial charge >= 0.3 is 5.97 Å². The molecule has 2 aromatic rings. The van der Waals surface area contributed by atoms with E-state index in [1.54, 1.807) is 12.1 Å². The van der Waals surface area contributed by atoms with Gasteiger partial charge in [0.15, 0.2) is 0 Å². The summed E-state index contributed by atoms with van der Waals surface area (Å²) in [6.07, 6.45) is 2.35. The van der Waals surface area contributed by atoms with Crippen molar-refractivity contribution in [2.24, 2.45) is 0 Å². The number of halogens is 1. The van der Waals surface area contributed by atoms with Crippen molar-refractivity contribution in [1.82, 2.24) is 4.57 Å². The third kappa shape index (κ3) is 2.16. The minimum Gasteiger partial charge on any atom is -0.465 e. The first-order valence-electron chi connectivity index (χ1n) is 5.50. The van der Waals surface area contributed by atoms with Crippen molar-refractivity contribution in [2.75, 3.05) is 13.8 Å². The van der Waals surface area contributed by atoms with Gasteiger partial charge in [0.2, 0.25) is 0 Å². The van der Waals surface area contributed by atoms with Crippen LogP contribution in [0.1, 0.15) is 16.8 Å². The van der Waals surface area contributed by atoms with Crippen LogP contribution in [0.5, 0.6) is 0 Å². The Balaban J connectivity index is 2.45. The van der Waals surface area contributed by atoms with Gasteiger partial charge in [-0.2, -0.15) is 0 Å². The number of ether oxygens (including phenoxy) is 1. The fourth-order valence-electron chi connectivity index (χ4n) is 1.94. The summed E-state index contributed by atoms with van der Waals surface area (Å²) >= 11 is 0. The molecule has 0 spiro atoms. The number of nitrogens with zero attached hydrogens (tertiary/aromatic N) is 1. The van der Waals surface area contributed by atoms with Gasteiger partial charge in [-0.1, -0.05) is 6.07 Å². The standard InChI is InChI=1S/C13H14FNO2/c1-17-13(16)11-4-2-5-12-10(11)6-9-15(12)8-3-7-14/h2,4-6,9H,3,7-8H2,1H3. The lowest BCUT2D eigenvalue weighted by atomic mass is 10.1. The number of alkyl halides is 1. The number of aryl methyl sites for hydroxylation is 1. The van der Waals surface area contributed by atoms with Crippen molar-refractivity contribution in [1.29, 1.82) is 0 Å². The number of hydrogen-bond acceptors (Lipinski definition) is 2. The fraction of sp³-hybridized carbons (Fsp3) is 0.308. The first-order chi connectivity index (χ1) is 8.27. The second kappa shape index (κ2) is 4.99. The quantitative estimate of drug-likeness (QED) is 0.763. The molecule has 1 aromatic heterocycles. The van der Waals surface area contributed by atoms with Gasteiger partial charge in [0, 0.05) is 23.6 Å². The van der Waals surface area contributed by atoms with E-state index in [0.29, 0.717) is 18.5 Å². The summed E-state index contributed by atoms with van der Waals surface area (Å²) in [6, 6.07) is 7.31. The number of hydrogen-bond donors (Lipinski definition) is 0. The lowest BCUT2D eigenvalue weighted by Gasteiger charge is -2.05. The van der Waals surface area contributed by atoms with Gasteiger partial charge < -0.3 is 9.30 Å². The highest BCUT2D eigenvalue weighted by Gasteiger charge is 2.11. The molecule has 1 heterocycles. The second-order valence-corrected chi connectivity index (χ2v) is 3.78. The summed E-state index contributed by atoms with van der Waals surface area (Å²) in [4.78, 5) is 11.6. The SMILES string of the molecule is COC(=O)c1cccc2c1ccn2CCCF. The number of methoxy groups -OCH3 is 1. The van der Waals surface area contributed by atoms with Crippen molar-refractivity contribution >= 4 is 16.9 Å². The van der Waals surface area contributed by atoms with Crippen LogP contribution in [0.4, 0.5) is 4.39 Å². The van der Waals surface area contributed by atoms with E-state index in [4.69, 9.17) is 4.74 Å². The molecule has 90 valence electrons. The van der Waals surface area contributed by atoms with Gasteiger partial charge in [0.25, 0.3) is 0 Å². The molecule has 0 fully saturated rings. The van der Waals surface area contributed by atoms with Crippen molar-refractivity contribution in [3.63, 3.8) is 0 Å². The van der Waals surface area contributed by atoms with Crippen LogP contribution in [0.2, 0.25) is 0 Å². The number of rotatable bonds is 4. The molecule has 0 bridgehead atoms. The highest BCUT2D eigenvalue weighted by atomic mass is 19.1. The highest BCUT2D eigenvalue weighted by Crippen LogP contribution is 2.21. The van der Waals surface area contributed by atoms with Gasteiger partial charge in [-0.3, -0.25) is 4.39 Å². The van der Waals surface area contributed by atoms with Crippen molar-refractivity contribution < 1.29 is 13.9 Å². The Morgan fingerprint density at radius 3 is 2.94 bits per heavy atom. The van der Waals surface area contributed by atoms with Crippen LogP contribution in [0.3, 0.4) is 0 Å². The van der Waals surface area contributed by atoms with Crippen molar-refractivity contribution in [3.8, 4) is 0 Å². The molecule has 4 heteroatoms. The summed E-state index contributed by atoms with van der Waals surface area (Å²) < 4.78 is 18.8. The number of aromatic nitrogens is 1. The van der Waals surface area contributed by atoms with E-state index in [1.165, 1.54) is 7.11 Å². The molecule has 17 heavy (non-hydrogen) atoms. The fourth-order valence-corrected chi connectivity index (χ4v) is 1.94. The minimum absolute atomic E-state index is 0.337. The van der Waals surface area contributed by atoms with E-state index < -0.39 is 0 Å². The van der Waals surface area contributed by atoms with Crippen LogP contribution in [-0.2, 0) is 11.3 Å². The van der Waals surface area contributed by atoms with Gasteiger partial charge in [0.05, 0.1) is 19.3 Å². The predicted molar refractivity (Wildman–Crippen MR) is 63.9 cm³/mol. The molecule has 0 aliphatic rings. The Morgan fingerprint density at radius 2 is 2.24 bits per heavy atom. The van der Waals surface area contributed by atoms with E-state index >= 15 is 0 Å². The third-order valence-electron chi connectivity index (χ3n) is 2.75. The van der Waals surface area contributed by atoms with Crippen LogP contribution in [0.25, 0.3) is 10.9 Å². The Kier molecular flexibility index (Phi) is 3.42. The summed E-state index contributed by atoms with van der Waals surface area (Å²) in [6.45, 7) is 0.279. The molecule has 0 saturated carbocycles. The maximum Gasteiger partial charge on any atom is 0.338 e. The van der Waals surface area contributed by atoms with E-state index in [2.05, 4.69) is 0 Å². The number of benzene rings is 1. The number of carbonyl (C=O) groups excluding carboxylic acids is 1.